The normalized spacial score (nSPS) is 14.8. The molecule has 1 saturated heterocycles. The highest BCUT2D eigenvalue weighted by atomic mass is 16.2. The molecule has 1 aliphatic heterocycles. The van der Waals surface area contributed by atoms with Crippen LogP contribution in [0.2, 0.25) is 0 Å². The van der Waals surface area contributed by atoms with Gasteiger partial charge in [0.15, 0.2) is 0 Å². The van der Waals surface area contributed by atoms with Crippen LogP contribution < -0.4 is 16.0 Å². The van der Waals surface area contributed by atoms with E-state index in [1.807, 2.05) is 13.0 Å². The zero-order chi connectivity index (χ0) is 15.2. The standard InChI is InChI=1S/C16H23N3O2/c1-2-6-15(20)18-13-11-12(16(17)21)7-8-14(13)19-9-4-3-5-10-19/h7-8,11H,2-6,9-10H2,1H3,(H2,17,21)(H,18,20). The maximum Gasteiger partial charge on any atom is 0.248 e. The number of nitrogens with one attached hydrogen (secondary N) is 1. The molecule has 0 atom stereocenters. The Morgan fingerprint density at radius 3 is 2.57 bits per heavy atom. The third-order valence-electron chi connectivity index (χ3n) is 3.73. The molecule has 0 bridgehead atoms. The first kappa shape index (κ1) is 15.4. The second kappa shape index (κ2) is 7.11. The first-order chi connectivity index (χ1) is 10.1. The summed E-state index contributed by atoms with van der Waals surface area (Å²) >= 11 is 0. The lowest BCUT2D eigenvalue weighted by atomic mass is 10.1. The number of amides is 2. The van der Waals surface area contributed by atoms with Crippen LogP contribution in [0, 0.1) is 0 Å². The molecule has 114 valence electrons. The van der Waals surface area contributed by atoms with E-state index in [1.165, 1.54) is 6.42 Å². The fourth-order valence-corrected chi connectivity index (χ4v) is 2.64. The lowest BCUT2D eigenvalue weighted by molar-refractivity contribution is -0.116. The number of carbonyl (C=O) groups excluding carboxylic acids is 2. The molecule has 5 heteroatoms. The largest absolute Gasteiger partial charge is 0.370 e. The Labute approximate surface area is 125 Å². The SMILES string of the molecule is CCCC(=O)Nc1cc(C(N)=O)ccc1N1CCCCC1. The Bertz CT molecular complexity index is 522. The number of rotatable bonds is 5. The van der Waals surface area contributed by atoms with Gasteiger partial charge in [-0.1, -0.05) is 6.92 Å². The molecular weight excluding hydrogens is 266 g/mol. The van der Waals surface area contributed by atoms with E-state index >= 15 is 0 Å². The van der Waals surface area contributed by atoms with E-state index in [0.717, 1.165) is 38.0 Å². The highest BCUT2D eigenvalue weighted by Crippen LogP contribution is 2.29. The van der Waals surface area contributed by atoms with Crippen LogP contribution in [0.1, 0.15) is 49.4 Å². The maximum atomic E-state index is 11.9. The van der Waals surface area contributed by atoms with E-state index in [2.05, 4.69) is 10.2 Å². The summed E-state index contributed by atoms with van der Waals surface area (Å²) in [7, 11) is 0. The zero-order valence-corrected chi connectivity index (χ0v) is 12.5. The fraction of sp³-hybridized carbons (Fsp3) is 0.500. The van der Waals surface area contributed by atoms with Gasteiger partial charge in [-0.3, -0.25) is 9.59 Å². The van der Waals surface area contributed by atoms with Gasteiger partial charge in [0.25, 0.3) is 0 Å². The van der Waals surface area contributed by atoms with Gasteiger partial charge in [0, 0.05) is 25.1 Å². The van der Waals surface area contributed by atoms with Gasteiger partial charge < -0.3 is 16.0 Å². The molecule has 1 aliphatic rings. The molecule has 0 unspecified atom stereocenters. The second-order valence-electron chi connectivity index (χ2n) is 5.44. The van der Waals surface area contributed by atoms with Crippen molar-refractivity contribution in [2.75, 3.05) is 23.3 Å². The Morgan fingerprint density at radius 1 is 1.24 bits per heavy atom. The van der Waals surface area contributed by atoms with Gasteiger partial charge in [-0.25, -0.2) is 0 Å². The van der Waals surface area contributed by atoms with E-state index in [9.17, 15) is 9.59 Å². The third-order valence-corrected chi connectivity index (χ3v) is 3.73. The van der Waals surface area contributed by atoms with Crippen LogP contribution in [-0.2, 0) is 4.79 Å². The summed E-state index contributed by atoms with van der Waals surface area (Å²) in [5.41, 5.74) is 7.42. The van der Waals surface area contributed by atoms with E-state index in [4.69, 9.17) is 5.73 Å². The van der Waals surface area contributed by atoms with Crippen LogP contribution in [0.5, 0.6) is 0 Å². The summed E-state index contributed by atoms with van der Waals surface area (Å²) in [4.78, 5) is 25.5. The van der Waals surface area contributed by atoms with Crippen LogP contribution in [0.15, 0.2) is 18.2 Å². The van der Waals surface area contributed by atoms with Gasteiger partial charge in [0.2, 0.25) is 11.8 Å². The average molecular weight is 289 g/mol. The van der Waals surface area contributed by atoms with Gasteiger partial charge >= 0.3 is 0 Å². The Kier molecular flexibility index (Phi) is 5.20. The molecule has 2 amide bonds. The lowest BCUT2D eigenvalue weighted by Gasteiger charge is -2.30. The molecule has 0 radical (unpaired) electrons. The van der Waals surface area contributed by atoms with Crippen molar-refractivity contribution >= 4 is 23.2 Å². The number of nitrogens with zero attached hydrogens (tertiary/aromatic N) is 1. The summed E-state index contributed by atoms with van der Waals surface area (Å²) in [6.45, 7) is 3.92. The maximum absolute atomic E-state index is 11.9. The Balaban J connectivity index is 2.28. The summed E-state index contributed by atoms with van der Waals surface area (Å²) in [5.74, 6) is -0.511. The molecule has 5 nitrogen and oxygen atoms in total. The lowest BCUT2D eigenvalue weighted by Crippen LogP contribution is -2.30. The van der Waals surface area contributed by atoms with Crippen molar-refractivity contribution in [3.63, 3.8) is 0 Å². The van der Waals surface area contributed by atoms with E-state index in [-0.39, 0.29) is 5.91 Å². The minimum absolute atomic E-state index is 0.0302. The number of nitrogens with two attached hydrogens (primary N) is 1. The molecule has 1 aromatic rings. The third kappa shape index (κ3) is 3.97. The monoisotopic (exact) mass is 289 g/mol. The van der Waals surface area contributed by atoms with E-state index in [0.29, 0.717) is 17.7 Å². The molecule has 1 heterocycles. The molecule has 21 heavy (non-hydrogen) atoms. The van der Waals surface area contributed by atoms with Crippen LogP contribution in [0.25, 0.3) is 0 Å². The summed E-state index contributed by atoms with van der Waals surface area (Å²) in [6.07, 6.45) is 4.81. The summed E-state index contributed by atoms with van der Waals surface area (Å²) < 4.78 is 0. The quantitative estimate of drug-likeness (QED) is 0.874. The number of piperidine rings is 1. The van der Waals surface area contributed by atoms with E-state index in [1.54, 1.807) is 12.1 Å². The van der Waals surface area contributed by atoms with Crippen molar-refractivity contribution in [1.82, 2.24) is 0 Å². The molecule has 2 rings (SSSR count). The predicted octanol–water partition coefficient (Wildman–Crippen LogP) is 2.51. The predicted molar refractivity (Wildman–Crippen MR) is 84.6 cm³/mol. The zero-order valence-electron chi connectivity index (χ0n) is 12.5. The molecule has 0 saturated carbocycles. The van der Waals surface area contributed by atoms with Gasteiger partial charge in [-0.2, -0.15) is 0 Å². The summed E-state index contributed by atoms with van der Waals surface area (Å²) in [6, 6.07) is 5.29. The number of hydrogen-bond donors (Lipinski definition) is 2. The number of hydrogen-bond acceptors (Lipinski definition) is 3. The first-order valence-corrected chi connectivity index (χ1v) is 7.60. The van der Waals surface area contributed by atoms with Crippen LogP contribution in [0.3, 0.4) is 0 Å². The summed E-state index contributed by atoms with van der Waals surface area (Å²) in [5, 5.41) is 2.92. The van der Waals surface area contributed by atoms with Crippen molar-refractivity contribution in [2.24, 2.45) is 5.73 Å². The molecule has 0 aliphatic carbocycles. The number of benzene rings is 1. The van der Waals surface area contributed by atoms with Crippen LogP contribution in [-0.4, -0.2) is 24.9 Å². The molecule has 1 aromatic carbocycles. The smallest absolute Gasteiger partial charge is 0.248 e. The van der Waals surface area contributed by atoms with Gasteiger partial charge in [-0.05, 0) is 43.9 Å². The molecular formula is C16H23N3O2. The van der Waals surface area contributed by atoms with E-state index < -0.39 is 5.91 Å². The van der Waals surface area contributed by atoms with Crippen LogP contribution >= 0.6 is 0 Å². The van der Waals surface area contributed by atoms with Gasteiger partial charge in [-0.15, -0.1) is 0 Å². The Morgan fingerprint density at radius 2 is 1.95 bits per heavy atom. The highest BCUT2D eigenvalue weighted by molar-refractivity contribution is 5.99. The highest BCUT2D eigenvalue weighted by Gasteiger charge is 2.17. The average Bonchev–Trinajstić information content (AvgIpc) is 2.48. The second-order valence-corrected chi connectivity index (χ2v) is 5.44. The number of primary amides is 1. The molecule has 0 aromatic heterocycles. The number of carbonyl (C=O) groups is 2. The minimum atomic E-state index is -0.480. The van der Waals surface area contributed by atoms with Crippen molar-refractivity contribution < 1.29 is 9.59 Å². The molecule has 0 spiro atoms. The molecule has 1 fully saturated rings. The molecule has 3 N–H and O–H groups in total. The van der Waals surface area contributed by atoms with Crippen molar-refractivity contribution in [2.45, 2.75) is 39.0 Å². The Hall–Kier alpha value is -2.04. The fourth-order valence-electron chi connectivity index (χ4n) is 2.64. The number of anilines is 2. The van der Waals surface area contributed by atoms with Crippen molar-refractivity contribution in [3.05, 3.63) is 23.8 Å². The van der Waals surface area contributed by atoms with Crippen LogP contribution in [0.4, 0.5) is 11.4 Å². The minimum Gasteiger partial charge on any atom is -0.370 e. The van der Waals surface area contributed by atoms with Crippen molar-refractivity contribution in [3.8, 4) is 0 Å². The van der Waals surface area contributed by atoms with Gasteiger partial charge in [0.1, 0.15) is 0 Å². The topological polar surface area (TPSA) is 75.4 Å². The van der Waals surface area contributed by atoms with Gasteiger partial charge in [0.05, 0.1) is 11.4 Å². The first-order valence-electron chi connectivity index (χ1n) is 7.60. The van der Waals surface area contributed by atoms with Crippen molar-refractivity contribution in [1.29, 1.82) is 0 Å².